The number of halogens is 2. The highest BCUT2D eigenvalue weighted by molar-refractivity contribution is 6.30. The number of nitrogens with zero attached hydrogens (tertiary/aromatic N) is 2. The Bertz CT molecular complexity index is 708. The third kappa shape index (κ3) is 2.58. The number of aromatic nitrogens is 3. The summed E-state index contributed by atoms with van der Waals surface area (Å²) in [5.74, 6) is 1.92. The number of ether oxygens (including phenoxy) is 1. The first-order valence-corrected chi connectivity index (χ1v) is 6.20. The molecule has 1 aromatic rings. The minimum absolute atomic E-state index is 0.480. The summed E-state index contributed by atoms with van der Waals surface area (Å²) in [6, 6.07) is 0. The van der Waals surface area contributed by atoms with Gasteiger partial charge in [-0.25, -0.2) is 9.18 Å². The van der Waals surface area contributed by atoms with E-state index in [1.165, 1.54) is 6.92 Å². The molecule has 2 unspecified atom stereocenters. The van der Waals surface area contributed by atoms with Crippen LogP contribution >= 0.6 is 11.6 Å². The highest BCUT2D eigenvalue weighted by Crippen LogP contribution is 2.41. The Hall–Kier alpha value is -1.73. The maximum absolute atomic E-state index is 14.9. The lowest BCUT2D eigenvalue weighted by molar-refractivity contribution is -0.0850. The van der Waals surface area contributed by atoms with Gasteiger partial charge < -0.3 is 14.9 Å². The minimum Gasteiger partial charge on any atom is -0.391 e. The van der Waals surface area contributed by atoms with E-state index in [-0.39, 0.29) is 0 Å². The molecule has 0 bridgehead atoms. The fourth-order valence-electron chi connectivity index (χ4n) is 2.06. The smallest absolute Gasteiger partial charge is 0.347 e. The van der Waals surface area contributed by atoms with Gasteiger partial charge in [0.05, 0.1) is 6.10 Å². The van der Waals surface area contributed by atoms with Gasteiger partial charge in [0, 0.05) is 5.38 Å². The van der Waals surface area contributed by atoms with Gasteiger partial charge in [-0.05, 0) is 24.4 Å². The number of aliphatic hydroxyl groups is 2. The summed E-state index contributed by atoms with van der Waals surface area (Å²) < 4.78 is 20.5. The van der Waals surface area contributed by atoms with Crippen molar-refractivity contribution in [1.29, 1.82) is 0 Å². The third-order valence-corrected chi connectivity index (χ3v) is 3.16. The number of nitrogens with one attached hydrogen (secondary N) is 1. The van der Waals surface area contributed by atoms with Crippen molar-refractivity contribution in [2.24, 2.45) is 0 Å². The fourth-order valence-corrected chi connectivity index (χ4v) is 2.20. The third-order valence-electron chi connectivity index (χ3n) is 3.06. The number of hydrogen-bond donors (Lipinski definition) is 3. The van der Waals surface area contributed by atoms with Crippen LogP contribution in [0.25, 0.3) is 0 Å². The van der Waals surface area contributed by atoms with Gasteiger partial charge in [0.1, 0.15) is 18.4 Å². The van der Waals surface area contributed by atoms with Crippen LogP contribution in [0.2, 0.25) is 0 Å². The van der Waals surface area contributed by atoms with E-state index in [1.54, 1.807) is 5.38 Å². The molecule has 10 heteroatoms. The molecule has 114 valence electrons. The lowest BCUT2D eigenvalue weighted by Gasteiger charge is -2.22. The van der Waals surface area contributed by atoms with Crippen molar-refractivity contribution in [3.63, 3.8) is 0 Å². The molecule has 2 rings (SSSR count). The summed E-state index contributed by atoms with van der Waals surface area (Å²) in [6.07, 6.45) is -5.49. The van der Waals surface area contributed by atoms with Crippen LogP contribution in [0.4, 0.5) is 4.39 Å². The second kappa shape index (κ2) is 5.57. The maximum atomic E-state index is 14.9. The first kappa shape index (κ1) is 15.7. The van der Waals surface area contributed by atoms with Crippen LogP contribution in [0.1, 0.15) is 13.2 Å². The molecule has 0 saturated carbocycles. The first-order valence-electron chi connectivity index (χ1n) is 5.82. The van der Waals surface area contributed by atoms with E-state index in [0.29, 0.717) is 4.68 Å². The van der Waals surface area contributed by atoms with Crippen molar-refractivity contribution in [2.45, 2.75) is 37.1 Å². The van der Waals surface area contributed by atoms with Crippen LogP contribution in [0.5, 0.6) is 0 Å². The molecule has 1 aromatic heterocycles. The molecule has 0 aliphatic carbocycles. The van der Waals surface area contributed by atoms with E-state index in [4.69, 9.17) is 16.3 Å². The molecule has 1 aliphatic heterocycles. The predicted molar refractivity (Wildman–Crippen MR) is 68.2 cm³/mol. The van der Waals surface area contributed by atoms with Gasteiger partial charge in [-0.2, -0.15) is 9.78 Å². The molecule has 0 spiro atoms. The van der Waals surface area contributed by atoms with Crippen molar-refractivity contribution < 1.29 is 19.3 Å². The highest BCUT2D eigenvalue weighted by atomic mass is 35.5. The van der Waals surface area contributed by atoms with Crippen molar-refractivity contribution >= 4 is 11.6 Å². The Kier molecular flexibility index (Phi) is 4.15. The van der Waals surface area contributed by atoms with Crippen molar-refractivity contribution in [3.05, 3.63) is 27.0 Å². The zero-order chi connectivity index (χ0) is 15.8. The van der Waals surface area contributed by atoms with E-state index in [9.17, 15) is 24.2 Å². The van der Waals surface area contributed by atoms with E-state index < -0.39 is 41.5 Å². The van der Waals surface area contributed by atoms with Gasteiger partial charge in [-0.15, -0.1) is 0 Å². The monoisotopic (exact) mass is 319 g/mol. The van der Waals surface area contributed by atoms with Gasteiger partial charge in [0.25, 0.3) is 5.56 Å². The second-order valence-corrected chi connectivity index (χ2v) is 4.70. The molecule has 0 amide bonds. The largest absolute Gasteiger partial charge is 0.391 e. The lowest BCUT2D eigenvalue weighted by atomic mass is 9.95. The van der Waals surface area contributed by atoms with E-state index in [0.717, 1.165) is 6.20 Å². The molecule has 1 fully saturated rings. The topological polar surface area (TPSA) is 117 Å². The minimum atomic E-state index is -2.78. The Morgan fingerprint density at radius 1 is 1.67 bits per heavy atom. The fraction of sp³-hybridized carbons (Fsp3) is 0.545. The Morgan fingerprint density at radius 2 is 2.33 bits per heavy atom. The zero-order valence-electron chi connectivity index (χ0n) is 10.7. The van der Waals surface area contributed by atoms with Crippen LogP contribution < -0.4 is 11.2 Å². The summed E-state index contributed by atoms with van der Waals surface area (Å²) in [7, 11) is 0. The molecule has 0 aromatic carbocycles. The Balaban J connectivity index is 2.56. The number of aromatic amines is 1. The van der Waals surface area contributed by atoms with Crippen LogP contribution in [0.3, 0.4) is 0 Å². The summed E-state index contributed by atoms with van der Waals surface area (Å²) >= 11 is 5.19. The number of H-pyrrole nitrogens is 1. The summed E-state index contributed by atoms with van der Waals surface area (Å²) in [5.41, 5.74) is -4.61. The molecule has 21 heavy (non-hydrogen) atoms. The normalized spacial score (nSPS) is 33.3. The number of alkyl halides is 1. The van der Waals surface area contributed by atoms with Crippen molar-refractivity contribution in [2.75, 3.05) is 0 Å². The molecule has 5 atom stereocenters. The molecule has 1 aliphatic rings. The van der Waals surface area contributed by atoms with Gasteiger partial charge in [-0.3, -0.25) is 9.78 Å². The van der Waals surface area contributed by atoms with E-state index in [2.05, 4.69) is 5.10 Å². The Labute approximate surface area is 122 Å². The molecular formula is C11H11ClFN3O5. The SMILES string of the molecule is C[C@@H](O)[C@H]1O[C@@H](n2ncc(=O)[nH]c2=O)C(F)(C#CCl)C1O. The van der Waals surface area contributed by atoms with Crippen LogP contribution in [0.15, 0.2) is 15.8 Å². The summed E-state index contributed by atoms with van der Waals surface area (Å²) in [5, 5.41) is 24.7. The van der Waals surface area contributed by atoms with Crippen LogP contribution in [-0.2, 0) is 4.74 Å². The van der Waals surface area contributed by atoms with Crippen molar-refractivity contribution in [1.82, 2.24) is 14.8 Å². The number of hydrogen-bond acceptors (Lipinski definition) is 6. The second-order valence-electron chi connectivity index (χ2n) is 4.51. The lowest BCUT2D eigenvalue weighted by Crippen LogP contribution is -2.46. The van der Waals surface area contributed by atoms with Crippen LogP contribution in [0, 0.1) is 11.3 Å². The van der Waals surface area contributed by atoms with Gasteiger partial charge >= 0.3 is 5.69 Å². The number of rotatable bonds is 2. The molecule has 0 radical (unpaired) electrons. The predicted octanol–water partition coefficient (Wildman–Crippen LogP) is -1.52. The average molecular weight is 320 g/mol. The van der Waals surface area contributed by atoms with Gasteiger partial charge in [0.15, 0.2) is 0 Å². The quantitative estimate of drug-likeness (QED) is 0.570. The summed E-state index contributed by atoms with van der Waals surface area (Å²) in [4.78, 5) is 24.5. The zero-order valence-corrected chi connectivity index (χ0v) is 11.4. The summed E-state index contributed by atoms with van der Waals surface area (Å²) in [6.45, 7) is 1.27. The maximum Gasteiger partial charge on any atom is 0.347 e. The average Bonchev–Trinajstić information content (AvgIpc) is 2.64. The Morgan fingerprint density at radius 3 is 2.86 bits per heavy atom. The highest BCUT2D eigenvalue weighted by Gasteiger charge is 2.59. The first-order chi connectivity index (χ1) is 9.81. The van der Waals surface area contributed by atoms with E-state index in [1.807, 2.05) is 10.9 Å². The van der Waals surface area contributed by atoms with E-state index >= 15 is 0 Å². The molecule has 1 saturated heterocycles. The van der Waals surface area contributed by atoms with Gasteiger partial charge in [0.2, 0.25) is 11.9 Å². The molecule has 8 nitrogen and oxygen atoms in total. The molecule has 3 N–H and O–H groups in total. The standard InChI is InChI=1S/C11H11ClFN3O5/c1-5(17)7-8(19)11(13,2-3-12)9(21-7)16-10(20)15-6(18)4-14-16/h4-5,7-9,17,19H,1H3,(H,15,18,20)/t5-,7-,8?,9-,11?/m1/s1. The van der Waals surface area contributed by atoms with Crippen LogP contribution in [-0.4, -0.2) is 49.0 Å². The molecule has 2 heterocycles. The van der Waals surface area contributed by atoms with Gasteiger partial charge in [-0.1, -0.05) is 0 Å². The number of aliphatic hydroxyl groups excluding tert-OH is 2. The molecular weight excluding hydrogens is 309 g/mol. The van der Waals surface area contributed by atoms with Crippen molar-refractivity contribution in [3.8, 4) is 11.3 Å².